The Balaban J connectivity index is 1.66. The van der Waals surface area contributed by atoms with Gasteiger partial charge in [-0.3, -0.25) is 0 Å². The van der Waals surface area contributed by atoms with Gasteiger partial charge in [0.2, 0.25) is 0 Å². The third kappa shape index (κ3) is 3.76. The highest BCUT2D eigenvalue weighted by Crippen LogP contribution is 2.43. The molecule has 0 atom stereocenters. The molecular formula is C27H25N5S. The molecule has 5 nitrogen and oxygen atoms in total. The summed E-state index contributed by atoms with van der Waals surface area (Å²) in [5, 5.41) is 15.6. The molecule has 5 rings (SSSR count). The fourth-order valence-electron chi connectivity index (χ4n) is 4.43. The fraction of sp³-hybridized carbons (Fsp3) is 0.185. The summed E-state index contributed by atoms with van der Waals surface area (Å²) in [5.74, 6) is 0. The summed E-state index contributed by atoms with van der Waals surface area (Å²) in [6.07, 6.45) is 3.63. The summed E-state index contributed by atoms with van der Waals surface area (Å²) in [4.78, 5) is 12.2. The topological polar surface area (TPSA) is 67.7 Å². The van der Waals surface area contributed by atoms with Gasteiger partial charge in [-0.15, -0.1) is 11.3 Å². The third-order valence-corrected chi connectivity index (χ3v) is 7.28. The van der Waals surface area contributed by atoms with Crippen LogP contribution in [0.1, 0.15) is 22.3 Å². The number of hydrogen-bond donors (Lipinski definition) is 2. The molecule has 0 aliphatic heterocycles. The van der Waals surface area contributed by atoms with E-state index in [0.29, 0.717) is 5.56 Å². The molecule has 2 N–H and O–H groups in total. The zero-order valence-corrected chi connectivity index (χ0v) is 20.0. The lowest BCUT2D eigenvalue weighted by atomic mass is 10.0. The molecule has 5 aromatic rings. The molecular weight excluding hydrogens is 426 g/mol. The molecule has 6 heteroatoms. The van der Waals surface area contributed by atoms with Gasteiger partial charge in [-0.05, 0) is 74.5 Å². The number of aromatic nitrogens is 2. The van der Waals surface area contributed by atoms with Crippen LogP contribution in [0.4, 0.5) is 11.4 Å². The van der Waals surface area contributed by atoms with E-state index in [1.54, 1.807) is 17.5 Å². The van der Waals surface area contributed by atoms with E-state index in [1.165, 1.54) is 21.4 Å². The van der Waals surface area contributed by atoms with Crippen LogP contribution >= 0.6 is 11.3 Å². The van der Waals surface area contributed by atoms with Crippen molar-refractivity contribution in [2.24, 2.45) is 0 Å². The Morgan fingerprint density at radius 2 is 1.97 bits per heavy atom. The van der Waals surface area contributed by atoms with Crippen LogP contribution in [0.3, 0.4) is 0 Å². The van der Waals surface area contributed by atoms with Crippen molar-refractivity contribution < 1.29 is 0 Å². The maximum absolute atomic E-state index is 9.86. The first-order valence-corrected chi connectivity index (χ1v) is 11.7. The molecule has 164 valence electrons. The summed E-state index contributed by atoms with van der Waals surface area (Å²) >= 11 is 1.68. The second-order valence-electron chi connectivity index (χ2n) is 8.64. The summed E-state index contributed by atoms with van der Waals surface area (Å²) in [7, 11) is 4.16. The predicted octanol–water partition coefficient (Wildman–Crippen LogP) is 6.74. The number of nitriles is 1. The molecule has 0 saturated carbocycles. The average Bonchev–Trinajstić information content (AvgIpc) is 3.41. The van der Waals surface area contributed by atoms with Gasteiger partial charge in [-0.1, -0.05) is 18.2 Å². The van der Waals surface area contributed by atoms with Crippen molar-refractivity contribution in [3.63, 3.8) is 0 Å². The Morgan fingerprint density at radius 3 is 2.76 bits per heavy atom. The van der Waals surface area contributed by atoms with E-state index in [2.05, 4.69) is 96.7 Å². The van der Waals surface area contributed by atoms with Crippen LogP contribution < -0.4 is 5.32 Å². The van der Waals surface area contributed by atoms with Crippen molar-refractivity contribution in [1.82, 2.24) is 14.9 Å². The van der Waals surface area contributed by atoms with E-state index < -0.39 is 0 Å². The number of benzene rings is 2. The van der Waals surface area contributed by atoms with E-state index in [1.807, 2.05) is 6.20 Å². The van der Waals surface area contributed by atoms with Gasteiger partial charge < -0.3 is 15.2 Å². The van der Waals surface area contributed by atoms with Gasteiger partial charge in [0.05, 0.1) is 11.3 Å². The van der Waals surface area contributed by atoms with Crippen molar-refractivity contribution in [3.05, 3.63) is 77.1 Å². The molecule has 0 aliphatic rings. The lowest BCUT2D eigenvalue weighted by molar-refractivity contribution is 0.402. The fourth-order valence-corrected chi connectivity index (χ4v) is 5.58. The highest BCUT2D eigenvalue weighted by atomic mass is 32.1. The van der Waals surface area contributed by atoms with Gasteiger partial charge in [0.1, 0.15) is 10.9 Å². The minimum Gasteiger partial charge on any atom is -0.361 e. The van der Waals surface area contributed by atoms with E-state index in [4.69, 9.17) is 0 Å². The van der Waals surface area contributed by atoms with Crippen LogP contribution in [0.5, 0.6) is 0 Å². The number of rotatable bonds is 5. The molecule has 0 spiro atoms. The van der Waals surface area contributed by atoms with Crippen LogP contribution in [-0.2, 0) is 6.54 Å². The van der Waals surface area contributed by atoms with Crippen LogP contribution in [0, 0.1) is 25.2 Å². The Kier molecular flexibility index (Phi) is 5.37. The summed E-state index contributed by atoms with van der Waals surface area (Å²) in [5.41, 5.74) is 8.21. The quantitative estimate of drug-likeness (QED) is 0.311. The molecule has 33 heavy (non-hydrogen) atoms. The molecule has 2 aromatic carbocycles. The van der Waals surface area contributed by atoms with Crippen molar-refractivity contribution in [2.45, 2.75) is 20.4 Å². The van der Waals surface area contributed by atoms with Gasteiger partial charge in [0.25, 0.3) is 0 Å². The van der Waals surface area contributed by atoms with Crippen molar-refractivity contribution in [2.75, 3.05) is 19.4 Å². The Hall–Kier alpha value is -3.66. The molecule has 0 bridgehead atoms. The predicted molar refractivity (Wildman–Crippen MR) is 138 cm³/mol. The smallest absolute Gasteiger partial charge is 0.126 e. The summed E-state index contributed by atoms with van der Waals surface area (Å²) in [6.45, 7) is 5.12. The Labute approximate surface area is 197 Å². The Bertz CT molecular complexity index is 1530. The van der Waals surface area contributed by atoms with Crippen LogP contribution in [0.25, 0.3) is 31.6 Å². The molecule has 0 amide bonds. The third-order valence-electron chi connectivity index (χ3n) is 6.03. The highest BCUT2D eigenvalue weighted by Gasteiger charge is 2.19. The first-order valence-electron chi connectivity index (χ1n) is 10.9. The summed E-state index contributed by atoms with van der Waals surface area (Å²) in [6, 6.07) is 17.2. The number of thiophene rings is 1. The normalized spacial score (nSPS) is 11.4. The van der Waals surface area contributed by atoms with E-state index >= 15 is 0 Å². The molecule has 0 unspecified atom stereocenters. The van der Waals surface area contributed by atoms with Gasteiger partial charge >= 0.3 is 0 Å². The van der Waals surface area contributed by atoms with Crippen LogP contribution in [-0.4, -0.2) is 29.0 Å². The number of aromatic amines is 1. The molecule has 0 aliphatic carbocycles. The largest absolute Gasteiger partial charge is 0.361 e. The average molecular weight is 452 g/mol. The lowest BCUT2D eigenvalue weighted by Gasteiger charge is -2.14. The minimum atomic E-state index is 0.546. The second kappa shape index (κ2) is 8.36. The first-order chi connectivity index (χ1) is 16.0. The van der Waals surface area contributed by atoms with Crippen LogP contribution in [0.15, 0.2) is 54.9 Å². The molecule has 0 saturated heterocycles. The maximum Gasteiger partial charge on any atom is 0.126 e. The highest BCUT2D eigenvalue weighted by molar-refractivity contribution is 7.22. The molecule has 3 aromatic heterocycles. The molecule has 3 heterocycles. The van der Waals surface area contributed by atoms with Crippen molar-refractivity contribution >= 4 is 43.8 Å². The van der Waals surface area contributed by atoms with Crippen molar-refractivity contribution in [3.8, 4) is 16.5 Å². The monoisotopic (exact) mass is 451 g/mol. The summed E-state index contributed by atoms with van der Waals surface area (Å²) < 4.78 is 0. The number of hydrogen-bond acceptors (Lipinski definition) is 5. The van der Waals surface area contributed by atoms with Gasteiger partial charge in [-0.25, -0.2) is 4.98 Å². The maximum atomic E-state index is 9.86. The number of pyridine rings is 1. The number of nitrogens with zero attached hydrogens (tertiary/aromatic N) is 3. The van der Waals surface area contributed by atoms with Gasteiger partial charge in [0.15, 0.2) is 0 Å². The Morgan fingerprint density at radius 1 is 1.12 bits per heavy atom. The van der Waals surface area contributed by atoms with E-state index in [9.17, 15) is 5.26 Å². The molecule has 0 fully saturated rings. The van der Waals surface area contributed by atoms with Crippen LogP contribution in [0.2, 0.25) is 0 Å². The number of anilines is 2. The molecule has 0 radical (unpaired) electrons. The zero-order valence-electron chi connectivity index (χ0n) is 19.2. The first kappa shape index (κ1) is 21.2. The number of H-pyrrole nitrogens is 1. The van der Waals surface area contributed by atoms with E-state index in [0.717, 1.165) is 44.8 Å². The van der Waals surface area contributed by atoms with Gasteiger partial charge in [0, 0.05) is 45.8 Å². The van der Waals surface area contributed by atoms with Gasteiger partial charge in [-0.2, -0.15) is 5.26 Å². The second-order valence-corrected chi connectivity index (χ2v) is 9.63. The SMILES string of the molecule is Cc1c(Nc2c(C#N)cnc3sc(-c4cccc(CN(C)C)c4)c(C)c23)ccc2[nH]ccc12. The minimum absolute atomic E-state index is 0.546. The van der Waals surface area contributed by atoms with Crippen molar-refractivity contribution in [1.29, 1.82) is 5.26 Å². The standard InChI is InChI=1S/C27H25N5S/c1-16-21-10-11-29-23(21)9-8-22(16)31-25-20(13-28)14-30-27-24(25)17(2)26(33-27)19-7-5-6-18(12-19)15-32(3)4/h5-12,14,29H,15H2,1-4H3,(H,30,31). The number of fused-ring (bicyclic) bond motifs is 2. The lowest BCUT2D eigenvalue weighted by Crippen LogP contribution is -2.10. The zero-order chi connectivity index (χ0) is 23.1. The number of aryl methyl sites for hydroxylation is 2. The number of nitrogens with one attached hydrogen (secondary N) is 2. The van der Waals surface area contributed by atoms with E-state index in [-0.39, 0.29) is 0 Å².